The summed E-state index contributed by atoms with van der Waals surface area (Å²) in [4.78, 5) is 28.0. The molecule has 0 fully saturated rings. The molecule has 8 nitrogen and oxygen atoms in total. The van der Waals surface area contributed by atoms with Gasteiger partial charge in [-0.1, -0.05) is 0 Å². The number of furan rings is 2. The van der Waals surface area contributed by atoms with Crippen LogP contribution in [-0.2, 0) is 0 Å². The van der Waals surface area contributed by atoms with Crippen molar-refractivity contribution in [3.8, 4) is 23.0 Å². The molecule has 0 amide bonds. The van der Waals surface area contributed by atoms with E-state index in [9.17, 15) is 9.59 Å². The van der Waals surface area contributed by atoms with E-state index in [4.69, 9.17) is 26.5 Å². The molecule has 42 heavy (non-hydrogen) atoms. The maximum atomic E-state index is 14.0. The number of fused-ring (bicyclic) bond motifs is 6. The Bertz CT molecular complexity index is 1630. The second kappa shape index (κ2) is 9.72. The van der Waals surface area contributed by atoms with Gasteiger partial charge in [0.05, 0.1) is 11.1 Å². The molecule has 0 saturated carbocycles. The summed E-state index contributed by atoms with van der Waals surface area (Å²) in [7, 11) is -8.13. The summed E-state index contributed by atoms with van der Waals surface area (Å²) in [6.45, 7) is 25.0. The summed E-state index contributed by atoms with van der Waals surface area (Å²) in [6.07, 6.45) is 0. The Kier molecular flexibility index (Phi) is 7.04. The zero-order chi connectivity index (χ0) is 31.2. The summed E-state index contributed by atoms with van der Waals surface area (Å²) >= 11 is 0. The van der Waals surface area contributed by atoms with Crippen LogP contribution in [0.2, 0.25) is 78.6 Å². The zero-order valence-corrected chi connectivity index (χ0v) is 30.6. The van der Waals surface area contributed by atoms with Gasteiger partial charge in [0.15, 0.2) is 11.5 Å². The highest BCUT2D eigenvalue weighted by Gasteiger charge is 2.41. The molecule has 0 aliphatic heterocycles. The Balaban J connectivity index is 1.70. The lowest BCUT2D eigenvalue weighted by Gasteiger charge is -2.25. The fourth-order valence-corrected chi connectivity index (χ4v) is 8.12. The Hall–Kier alpha value is -3.07. The smallest absolute Gasteiger partial charge is 0.242 e. The van der Waals surface area contributed by atoms with Crippen molar-refractivity contribution in [3.63, 3.8) is 0 Å². The highest BCUT2D eigenvalue weighted by atomic mass is 28.4. The third kappa shape index (κ3) is 6.03. The van der Waals surface area contributed by atoms with Crippen LogP contribution >= 0.6 is 0 Å². The van der Waals surface area contributed by atoms with Crippen molar-refractivity contribution in [1.29, 1.82) is 0 Å². The number of hydrogen-bond acceptors (Lipinski definition) is 8. The van der Waals surface area contributed by atoms with Crippen molar-refractivity contribution in [2.45, 2.75) is 78.6 Å². The summed E-state index contributed by atoms with van der Waals surface area (Å²) in [5.41, 5.74) is 1.14. The van der Waals surface area contributed by atoms with Crippen molar-refractivity contribution in [1.82, 2.24) is 0 Å². The van der Waals surface area contributed by atoms with Gasteiger partial charge >= 0.3 is 0 Å². The topological polar surface area (TPSA) is 97.3 Å². The molecule has 0 saturated heterocycles. The zero-order valence-electron chi connectivity index (χ0n) is 26.6. The molecule has 2 aromatic heterocycles. The lowest BCUT2D eigenvalue weighted by atomic mass is 9.90. The number of benzene rings is 2. The van der Waals surface area contributed by atoms with E-state index in [1.54, 1.807) is 24.3 Å². The van der Waals surface area contributed by atoms with Crippen molar-refractivity contribution in [2.24, 2.45) is 0 Å². The summed E-state index contributed by atoms with van der Waals surface area (Å²) < 4.78 is 37.7. The van der Waals surface area contributed by atoms with Crippen molar-refractivity contribution < 1.29 is 36.1 Å². The van der Waals surface area contributed by atoms with Crippen molar-refractivity contribution in [3.05, 3.63) is 46.9 Å². The van der Waals surface area contributed by atoms with Gasteiger partial charge in [0.1, 0.15) is 34.2 Å². The minimum atomic E-state index is -2.05. The van der Waals surface area contributed by atoms with Gasteiger partial charge in [-0.25, -0.2) is 0 Å². The van der Waals surface area contributed by atoms with E-state index in [-0.39, 0.29) is 22.6 Å². The Morgan fingerprint density at radius 1 is 0.452 bits per heavy atom. The van der Waals surface area contributed by atoms with E-state index in [2.05, 4.69) is 78.6 Å². The number of carbonyl (C=O) groups excluding carboxylic acids is 2. The highest BCUT2D eigenvalue weighted by Crippen LogP contribution is 2.45. The minimum absolute atomic E-state index is 0.00982. The van der Waals surface area contributed by atoms with E-state index in [0.717, 1.165) is 0 Å². The predicted molar refractivity (Wildman–Crippen MR) is 175 cm³/mol. The maximum absolute atomic E-state index is 14.0. The molecule has 4 aromatic rings. The largest absolute Gasteiger partial charge is 0.542 e. The average Bonchev–Trinajstić information content (AvgIpc) is 3.32. The lowest BCUT2D eigenvalue weighted by Crippen LogP contribution is -2.32. The maximum Gasteiger partial charge on any atom is 0.242 e. The summed E-state index contributed by atoms with van der Waals surface area (Å²) in [5.74, 6) is 1.36. The normalized spacial score (nSPS) is 14.3. The fraction of sp³-hybridized carbons (Fsp3) is 0.400. The van der Waals surface area contributed by atoms with Gasteiger partial charge < -0.3 is 26.5 Å². The molecule has 0 spiro atoms. The Morgan fingerprint density at radius 2 is 0.714 bits per heavy atom. The van der Waals surface area contributed by atoms with Crippen LogP contribution in [0.15, 0.2) is 33.1 Å². The van der Waals surface area contributed by atoms with Gasteiger partial charge in [0.2, 0.25) is 44.8 Å². The highest BCUT2D eigenvalue weighted by molar-refractivity contribution is 6.72. The average molecular weight is 641 g/mol. The molecule has 1 aliphatic carbocycles. The van der Waals surface area contributed by atoms with Crippen LogP contribution in [-0.4, -0.2) is 44.8 Å². The molecule has 224 valence electrons. The molecule has 12 heteroatoms. The lowest BCUT2D eigenvalue weighted by molar-refractivity contribution is 0.0947. The molecule has 0 bridgehead atoms. The molecular weight excluding hydrogens is 601 g/mol. The molecule has 0 atom stereocenters. The van der Waals surface area contributed by atoms with E-state index in [1.807, 2.05) is 0 Å². The monoisotopic (exact) mass is 640 g/mol. The molecular formula is C30H40O8Si4. The van der Waals surface area contributed by atoms with Gasteiger partial charge in [-0.3, -0.25) is 9.59 Å². The van der Waals surface area contributed by atoms with Crippen LogP contribution in [0.1, 0.15) is 32.2 Å². The van der Waals surface area contributed by atoms with Crippen LogP contribution in [0.3, 0.4) is 0 Å². The first kappa shape index (κ1) is 30.4. The summed E-state index contributed by atoms with van der Waals surface area (Å²) in [6, 6.07) is 7.01. The van der Waals surface area contributed by atoms with E-state index >= 15 is 0 Å². The third-order valence-electron chi connectivity index (χ3n) is 6.04. The first-order valence-electron chi connectivity index (χ1n) is 14.2. The quantitative estimate of drug-likeness (QED) is 0.155. The Morgan fingerprint density at radius 3 is 0.976 bits per heavy atom. The molecule has 2 aromatic carbocycles. The number of hydrogen-bond donors (Lipinski definition) is 0. The van der Waals surface area contributed by atoms with Crippen LogP contribution in [0.4, 0.5) is 0 Å². The number of carbonyl (C=O) groups is 2. The van der Waals surface area contributed by atoms with Crippen LogP contribution in [0, 0.1) is 0 Å². The number of ketones is 2. The van der Waals surface area contributed by atoms with Gasteiger partial charge in [-0.2, -0.15) is 0 Å². The third-order valence-corrected chi connectivity index (χ3v) is 9.37. The van der Waals surface area contributed by atoms with Gasteiger partial charge in [-0.05, 0) is 90.7 Å². The van der Waals surface area contributed by atoms with Crippen LogP contribution < -0.4 is 17.7 Å². The minimum Gasteiger partial charge on any atom is -0.542 e. The van der Waals surface area contributed by atoms with Crippen LogP contribution in [0.5, 0.6) is 23.0 Å². The number of rotatable bonds is 8. The SMILES string of the molecule is C[Si](C)(C)Oc1cc2oc3c(c2cc1O[Si](C)(C)C)C(=O)c1oc2cc(O[Si](C)(C)C)c(O[Si](C)(C)C)cc2c1C3=O. The molecule has 0 radical (unpaired) electrons. The van der Waals surface area contributed by atoms with E-state index in [1.165, 1.54) is 0 Å². The first-order chi connectivity index (χ1) is 19.1. The molecule has 2 heterocycles. The Labute approximate surface area is 250 Å². The molecule has 5 rings (SSSR count). The standard InChI is InChI=1S/C30H40O8Si4/c1-39(2,3)35-21-13-17-19(15-23(21)37-41(7,8)9)33-29-25(17)27(31)30-26(28(29)32)18-14-22(36-40(4,5)6)24(16-20(18)34-30)38-42(10,11)12/h13-16H,1-12H3. The molecule has 0 unspecified atom stereocenters. The van der Waals surface area contributed by atoms with E-state index in [0.29, 0.717) is 44.9 Å². The summed E-state index contributed by atoms with van der Waals surface area (Å²) in [5, 5.41) is 0.993. The molecule has 0 N–H and O–H groups in total. The second-order valence-corrected chi connectivity index (χ2v) is 32.4. The van der Waals surface area contributed by atoms with Crippen molar-refractivity contribution in [2.75, 3.05) is 0 Å². The van der Waals surface area contributed by atoms with Gasteiger partial charge in [0.25, 0.3) is 0 Å². The van der Waals surface area contributed by atoms with Gasteiger partial charge in [-0.15, -0.1) is 0 Å². The predicted octanol–water partition coefficient (Wildman–Crippen LogP) is 8.81. The van der Waals surface area contributed by atoms with E-state index < -0.39 is 44.8 Å². The second-order valence-electron chi connectivity index (χ2n) is 14.7. The van der Waals surface area contributed by atoms with Gasteiger partial charge in [0, 0.05) is 22.9 Å². The fourth-order valence-electron chi connectivity index (χ4n) is 4.85. The first-order valence-corrected chi connectivity index (χ1v) is 27.8. The molecule has 1 aliphatic rings. The van der Waals surface area contributed by atoms with Crippen molar-refractivity contribution >= 4 is 66.8 Å². The van der Waals surface area contributed by atoms with Crippen LogP contribution in [0.25, 0.3) is 21.9 Å².